The fraction of sp³-hybridized carbons (Fsp3) is 0.208. The molecule has 1 fully saturated rings. The lowest BCUT2D eigenvalue weighted by Gasteiger charge is -2.25. The Morgan fingerprint density at radius 1 is 0.970 bits per heavy atom. The number of benzene rings is 3. The molecule has 0 spiro atoms. The molecule has 172 valence electrons. The number of carbonyl (C=O) groups excluding carboxylic acids is 1. The van der Waals surface area contributed by atoms with E-state index in [0.717, 1.165) is 6.07 Å². The van der Waals surface area contributed by atoms with Crippen molar-refractivity contribution in [3.8, 4) is 11.1 Å². The molecule has 0 bridgehead atoms. The average Bonchev–Trinajstić information content (AvgIpc) is 3.30. The predicted octanol–water partition coefficient (Wildman–Crippen LogP) is 4.56. The summed E-state index contributed by atoms with van der Waals surface area (Å²) in [5.74, 6) is -1.33. The molecular weight excluding hydrogens is 448 g/mol. The van der Waals surface area contributed by atoms with Crippen LogP contribution in [0.1, 0.15) is 6.42 Å². The fourth-order valence-corrected chi connectivity index (χ4v) is 5.34. The summed E-state index contributed by atoms with van der Waals surface area (Å²) >= 11 is 0. The minimum Gasteiger partial charge on any atom is -0.323 e. The Bertz CT molecular complexity index is 1230. The van der Waals surface area contributed by atoms with Gasteiger partial charge in [0.05, 0.1) is 4.90 Å². The highest BCUT2D eigenvalue weighted by molar-refractivity contribution is 7.89. The quantitative estimate of drug-likeness (QED) is 0.593. The van der Waals surface area contributed by atoms with E-state index in [9.17, 15) is 22.0 Å². The molecule has 33 heavy (non-hydrogen) atoms. The third kappa shape index (κ3) is 5.04. The maximum Gasteiger partial charge on any atom is 0.321 e. The molecule has 1 aliphatic rings. The van der Waals surface area contributed by atoms with Crippen molar-refractivity contribution in [2.45, 2.75) is 17.4 Å². The molecule has 0 saturated carbocycles. The normalized spacial score (nSPS) is 16.5. The Hall–Kier alpha value is -3.30. The minimum atomic E-state index is -3.61. The van der Waals surface area contributed by atoms with Crippen LogP contribution in [0.3, 0.4) is 0 Å². The number of likely N-dealkylation sites (N-methyl/N-ethyl adjacent to an activating group) is 1. The summed E-state index contributed by atoms with van der Waals surface area (Å²) in [5.41, 5.74) is 1.52. The predicted molar refractivity (Wildman–Crippen MR) is 122 cm³/mol. The zero-order chi connectivity index (χ0) is 23.6. The van der Waals surface area contributed by atoms with Gasteiger partial charge < -0.3 is 10.2 Å². The number of carbonyl (C=O) groups is 1. The van der Waals surface area contributed by atoms with Crippen LogP contribution in [0.4, 0.5) is 19.3 Å². The molecule has 9 heteroatoms. The van der Waals surface area contributed by atoms with E-state index in [1.807, 2.05) is 0 Å². The zero-order valence-corrected chi connectivity index (χ0v) is 18.7. The van der Waals surface area contributed by atoms with Crippen molar-refractivity contribution in [3.05, 3.63) is 84.4 Å². The highest BCUT2D eigenvalue weighted by atomic mass is 32.2. The zero-order valence-electron chi connectivity index (χ0n) is 17.9. The maximum atomic E-state index is 13.5. The fourth-order valence-electron chi connectivity index (χ4n) is 3.83. The molecule has 1 saturated heterocycles. The third-order valence-corrected chi connectivity index (χ3v) is 7.59. The van der Waals surface area contributed by atoms with Crippen LogP contribution >= 0.6 is 0 Å². The van der Waals surface area contributed by atoms with Crippen molar-refractivity contribution in [1.82, 2.24) is 9.21 Å². The molecule has 1 atom stereocenters. The van der Waals surface area contributed by atoms with Gasteiger partial charge in [-0.15, -0.1) is 0 Å². The Kier molecular flexibility index (Phi) is 6.44. The van der Waals surface area contributed by atoms with Gasteiger partial charge in [0.15, 0.2) is 0 Å². The minimum absolute atomic E-state index is 0.214. The van der Waals surface area contributed by atoms with Gasteiger partial charge in [0.2, 0.25) is 10.0 Å². The number of urea groups is 1. The highest BCUT2D eigenvalue weighted by Gasteiger charge is 2.35. The summed E-state index contributed by atoms with van der Waals surface area (Å²) in [6.45, 7) is 0.545. The summed E-state index contributed by atoms with van der Waals surface area (Å²) in [6, 6.07) is 17.5. The standard InChI is InChI=1S/C24H23F2N3O3S/c1-28(22-11-12-29(16-22)33(31,32)23-5-3-2-4-6-23)24(30)27-21-9-7-17(8-10-21)18-13-19(25)15-20(26)14-18/h2-10,13-15,22H,11-12,16H2,1H3,(H,27,30)/t22-/m0/s1. The van der Waals surface area contributed by atoms with E-state index in [1.54, 1.807) is 61.6 Å². The van der Waals surface area contributed by atoms with Crippen LogP contribution in [0.25, 0.3) is 11.1 Å². The highest BCUT2D eigenvalue weighted by Crippen LogP contribution is 2.25. The third-order valence-electron chi connectivity index (χ3n) is 5.71. The van der Waals surface area contributed by atoms with Gasteiger partial charge in [0.25, 0.3) is 0 Å². The number of hydrogen-bond acceptors (Lipinski definition) is 3. The number of sulfonamides is 1. The first-order valence-corrected chi connectivity index (χ1v) is 11.8. The average molecular weight is 472 g/mol. The molecule has 2 amide bonds. The number of halogens is 2. The monoisotopic (exact) mass is 471 g/mol. The number of nitrogens with zero attached hydrogens (tertiary/aromatic N) is 2. The van der Waals surface area contributed by atoms with Gasteiger partial charge in [-0.05, 0) is 53.9 Å². The van der Waals surface area contributed by atoms with E-state index in [-0.39, 0.29) is 23.5 Å². The van der Waals surface area contributed by atoms with Gasteiger partial charge >= 0.3 is 6.03 Å². The van der Waals surface area contributed by atoms with Gasteiger partial charge in [0, 0.05) is 37.9 Å². The SMILES string of the molecule is CN(C(=O)Nc1ccc(-c2cc(F)cc(F)c2)cc1)[C@H]1CCN(S(=O)(=O)c2ccccc2)C1. The van der Waals surface area contributed by atoms with Crippen LogP contribution < -0.4 is 5.32 Å². The van der Waals surface area contributed by atoms with E-state index >= 15 is 0 Å². The number of anilines is 1. The van der Waals surface area contributed by atoms with Gasteiger partial charge in [-0.25, -0.2) is 22.0 Å². The molecule has 6 nitrogen and oxygen atoms in total. The van der Waals surface area contributed by atoms with E-state index in [1.165, 1.54) is 21.3 Å². The van der Waals surface area contributed by atoms with Crippen molar-refractivity contribution >= 4 is 21.7 Å². The molecule has 1 aliphatic heterocycles. The molecule has 3 aromatic carbocycles. The molecule has 0 aromatic heterocycles. The smallest absolute Gasteiger partial charge is 0.321 e. The Morgan fingerprint density at radius 3 is 2.24 bits per heavy atom. The summed E-state index contributed by atoms with van der Waals surface area (Å²) in [7, 11) is -1.98. The second-order valence-corrected chi connectivity index (χ2v) is 9.83. The van der Waals surface area contributed by atoms with Crippen LogP contribution in [0.15, 0.2) is 77.7 Å². The van der Waals surface area contributed by atoms with Crippen molar-refractivity contribution < 1.29 is 22.0 Å². The number of hydrogen-bond donors (Lipinski definition) is 1. The van der Waals surface area contributed by atoms with E-state index in [0.29, 0.717) is 29.8 Å². The Labute approximate surface area is 191 Å². The molecular formula is C24H23F2N3O3S. The molecule has 1 heterocycles. The van der Waals surface area contributed by atoms with Crippen LogP contribution in [0.2, 0.25) is 0 Å². The first kappa shape index (κ1) is 22.9. The molecule has 0 aliphatic carbocycles. The molecule has 1 N–H and O–H groups in total. The number of rotatable bonds is 5. The second kappa shape index (κ2) is 9.29. The lowest BCUT2D eigenvalue weighted by atomic mass is 10.1. The second-order valence-electron chi connectivity index (χ2n) is 7.90. The summed E-state index contributed by atoms with van der Waals surface area (Å²) in [4.78, 5) is 14.4. The van der Waals surface area contributed by atoms with Gasteiger partial charge in [0.1, 0.15) is 11.6 Å². The van der Waals surface area contributed by atoms with Crippen molar-refractivity contribution in [3.63, 3.8) is 0 Å². The first-order chi connectivity index (χ1) is 15.7. The van der Waals surface area contributed by atoms with Gasteiger partial charge in [-0.1, -0.05) is 30.3 Å². The van der Waals surface area contributed by atoms with Gasteiger partial charge in [-0.2, -0.15) is 4.31 Å². The van der Waals surface area contributed by atoms with Crippen LogP contribution in [0, 0.1) is 11.6 Å². The van der Waals surface area contributed by atoms with E-state index in [4.69, 9.17) is 0 Å². The lowest BCUT2D eigenvalue weighted by molar-refractivity contribution is 0.206. The summed E-state index contributed by atoms with van der Waals surface area (Å²) in [6.07, 6.45) is 0.528. The van der Waals surface area contributed by atoms with Crippen LogP contribution in [-0.4, -0.2) is 49.8 Å². The molecule has 4 rings (SSSR count). The number of nitrogens with one attached hydrogen (secondary N) is 1. The Morgan fingerprint density at radius 2 is 1.61 bits per heavy atom. The van der Waals surface area contributed by atoms with Crippen molar-refractivity contribution in [2.24, 2.45) is 0 Å². The van der Waals surface area contributed by atoms with Crippen LogP contribution in [0.5, 0.6) is 0 Å². The summed E-state index contributed by atoms with van der Waals surface area (Å²) < 4.78 is 53.9. The lowest BCUT2D eigenvalue weighted by Crippen LogP contribution is -2.42. The summed E-state index contributed by atoms with van der Waals surface area (Å²) in [5, 5.41) is 2.78. The van der Waals surface area contributed by atoms with Crippen LogP contribution in [-0.2, 0) is 10.0 Å². The van der Waals surface area contributed by atoms with E-state index in [2.05, 4.69) is 5.32 Å². The molecule has 0 radical (unpaired) electrons. The number of amides is 2. The molecule has 3 aromatic rings. The van der Waals surface area contributed by atoms with Crippen molar-refractivity contribution in [2.75, 3.05) is 25.5 Å². The topological polar surface area (TPSA) is 69.7 Å². The Balaban J connectivity index is 1.39. The first-order valence-electron chi connectivity index (χ1n) is 10.4. The maximum absolute atomic E-state index is 13.5. The van der Waals surface area contributed by atoms with Gasteiger partial charge in [-0.3, -0.25) is 0 Å². The van der Waals surface area contributed by atoms with E-state index < -0.39 is 21.7 Å². The van der Waals surface area contributed by atoms with Crippen molar-refractivity contribution in [1.29, 1.82) is 0 Å². The molecule has 0 unspecified atom stereocenters. The largest absolute Gasteiger partial charge is 0.323 e.